The number of carbonyl (C=O) groups excluding carboxylic acids is 2. The van der Waals surface area contributed by atoms with E-state index in [0.717, 1.165) is 22.0 Å². The van der Waals surface area contributed by atoms with Gasteiger partial charge in [0.25, 0.3) is 10.0 Å². The summed E-state index contributed by atoms with van der Waals surface area (Å²) in [6.45, 7) is 3.02. The number of halogens is 3. The van der Waals surface area contributed by atoms with E-state index in [1.807, 2.05) is 44.2 Å². The van der Waals surface area contributed by atoms with E-state index in [1.54, 1.807) is 18.2 Å². The zero-order valence-corrected chi connectivity index (χ0v) is 28.5. The van der Waals surface area contributed by atoms with Crippen LogP contribution < -0.4 is 14.4 Å². The second-order valence-corrected chi connectivity index (χ2v) is 13.6. The number of nitrogens with one attached hydrogen (secondary N) is 1. The number of hydrogen-bond donors (Lipinski definition) is 1. The lowest BCUT2D eigenvalue weighted by atomic mass is 10.0. The first kappa shape index (κ1) is 35.7. The highest BCUT2D eigenvalue weighted by Gasteiger charge is 2.35. The minimum atomic E-state index is -4.36. The first-order valence-corrected chi connectivity index (χ1v) is 17.1. The van der Waals surface area contributed by atoms with Crippen molar-refractivity contribution in [2.24, 2.45) is 0 Å². The quantitative estimate of drug-likeness (QED) is 0.155. The van der Waals surface area contributed by atoms with Crippen LogP contribution in [0.2, 0.25) is 10.0 Å². The predicted molar refractivity (Wildman–Crippen MR) is 183 cm³/mol. The maximum atomic E-state index is 14.5. The number of methoxy groups -OCH3 is 1. The lowest BCUT2D eigenvalue weighted by molar-refractivity contribution is -0.140. The Morgan fingerprint density at radius 3 is 2.15 bits per heavy atom. The summed E-state index contributed by atoms with van der Waals surface area (Å²) in [6.07, 6.45) is 0.806. The lowest BCUT2D eigenvalue weighted by Crippen LogP contribution is -2.54. The Morgan fingerprint density at radius 2 is 1.55 bits per heavy atom. The highest BCUT2D eigenvalue weighted by molar-refractivity contribution is 7.92. The molecule has 12 heteroatoms. The molecule has 0 saturated heterocycles. The van der Waals surface area contributed by atoms with E-state index >= 15 is 0 Å². The molecule has 0 unspecified atom stereocenters. The van der Waals surface area contributed by atoms with Gasteiger partial charge >= 0.3 is 0 Å². The third-order valence-electron chi connectivity index (χ3n) is 7.65. The van der Waals surface area contributed by atoms with Crippen molar-refractivity contribution in [3.8, 4) is 5.75 Å². The minimum absolute atomic E-state index is 0.0636. The average molecular weight is 701 g/mol. The molecule has 0 spiro atoms. The Bertz CT molecular complexity index is 1780. The standard InChI is InChI=1S/C35H36Cl2FN3O5S/c1-4-24(2)39-35(43)33(21-25-8-6-5-7-9-25)40(22-26-10-19-31(36)32(37)20-26)34(42)23-41(28-13-11-27(38)12-14-28)47(44,45)30-17-15-29(46-3)16-18-30/h5-20,24,33H,4,21-23H2,1-3H3,(H,39,43)/t24-,33+/m1/s1. The first-order chi connectivity index (χ1) is 22.4. The van der Waals surface area contributed by atoms with Gasteiger partial charge in [0.15, 0.2) is 0 Å². The number of benzene rings is 4. The van der Waals surface area contributed by atoms with Gasteiger partial charge in [-0.3, -0.25) is 13.9 Å². The smallest absolute Gasteiger partial charge is 0.264 e. The maximum absolute atomic E-state index is 14.5. The Balaban J connectivity index is 1.82. The van der Waals surface area contributed by atoms with Crippen LogP contribution in [-0.2, 0) is 32.6 Å². The van der Waals surface area contributed by atoms with Gasteiger partial charge in [0.05, 0.1) is 27.7 Å². The normalized spacial score (nSPS) is 12.6. The molecule has 47 heavy (non-hydrogen) atoms. The molecule has 0 fully saturated rings. The number of carbonyl (C=O) groups is 2. The van der Waals surface area contributed by atoms with Gasteiger partial charge in [-0.2, -0.15) is 0 Å². The van der Waals surface area contributed by atoms with E-state index in [1.165, 1.54) is 48.4 Å². The number of nitrogens with zero attached hydrogens (tertiary/aromatic N) is 2. The van der Waals surface area contributed by atoms with Crippen LogP contribution in [0.4, 0.5) is 10.1 Å². The summed E-state index contributed by atoms with van der Waals surface area (Å²) in [5.41, 5.74) is 1.44. The van der Waals surface area contributed by atoms with Crippen LogP contribution in [-0.4, -0.2) is 50.9 Å². The summed E-state index contributed by atoms with van der Waals surface area (Å²) in [7, 11) is -2.91. The summed E-state index contributed by atoms with van der Waals surface area (Å²) in [5, 5.41) is 3.56. The Labute approximate surface area is 285 Å². The van der Waals surface area contributed by atoms with E-state index < -0.39 is 40.2 Å². The molecule has 4 rings (SSSR count). The number of rotatable bonds is 14. The fraction of sp³-hybridized carbons (Fsp3) is 0.257. The second kappa shape index (κ2) is 16.1. The van der Waals surface area contributed by atoms with Crippen LogP contribution in [0.3, 0.4) is 0 Å². The number of sulfonamides is 1. The molecule has 1 N–H and O–H groups in total. The minimum Gasteiger partial charge on any atom is -0.497 e. The predicted octanol–water partition coefficient (Wildman–Crippen LogP) is 6.89. The number of ether oxygens (including phenoxy) is 1. The van der Waals surface area contributed by atoms with E-state index in [0.29, 0.717) is 22.8 Å². The van der Waals surface area contributed by atoms with Gasteiger partial charge in [0.1, 0.15) is 24.2 Å². The highest BCUT2D eigenvalue weighted by Crippen LogP contribution is 2.28. The molecule has 0 saturated carbocycles. The molecule has 0 radical (unpaired) electrons. The summed E-state index contributed by atoms with van der Waals surface area (Å²) < 4.78 is 48.3. The molecule has 8 nitrogen and oxygen atoms in total. The van der Waals surface area contributed by atoms with Crippen molar-refractivity contribution in [2.45, 2.75) is 50.2 Å². The third kappa shape index (κ3) is 9.24. The summed E-state index contributed by atoms with van der Waals surface area (Å²) in [4.78, 5) is 29.7. The monoisotopic (exact) mass is 699 g/mol. The molecule has 248 valence electrons. The van der Waals surface area contributed by atoms with Crippen molar-refractivity contribution in [2.75, 3.05) is 18.0 Å². The van der Waals surface area contributed by atoms with Gasteiger partial charge in [0.2, 0.25) is 11.8 Å². The molecule has 0 aliphatic carbocycles. The second-order valence-electron chi connectivity index (χ2n) is 11.0. The molecule has 2 atom stereocenters. The van der Waals surface area contributed by atoms with Gasteiger partial charge in [-0.15, -0.1) is 0 Å². The van der Waals surface area contributed by atoms with E-state index in [2.05, 4.69) is 5.32 Å². The van der Waals surface area contributed by atoms with Crippen LogP contribution >= 0.6 is 23.2 Å². The van der Waals surface area contributed by atoms with Gasteiger partial charge in [0, 0.05) is 19.0 Å². The number of anilines is 1. The van der Waals surface area contributed by atoms with Crippen molar-refractivity contribution in [3.63, 3.8) is 0 Å². The largest absolute Gasteiger partial charge is 0.497 e. The van der Waals surface area contributed by atoms with E-state index in [-0.39, 0.29) is 34.6 Å². The zero-order valence-electron chi connectivity index (χ0n) is 26.2. The van der Waals surface area contributed by atoms with Crippen LogP contribution in [0.15, 0.2) is 102 Å². The topological polar surface area (TPSA) is 96.0 Å². The first-order valence-electron chi connectivity index (χ1n) is 14.9. The fourth-order valence-corrected chi connectivity index (χ4v) is 6.58. The molecule has 0 bridgehead atoms. The SMILES string of the molecule is CC[C@@H](C)NC(=O)[C@H](Cc1ccccc1)N(Cc1ccc(Cl)c(Cl)c1)C(=O)CN(c1ccc(F)cc1)S(=O)(=O)c1ccc(OC)cc1. The van der Waals surface area contributed by atoms with Crippen molar-refractivity contribution < 1.29 is 27.1 Å². The van der Waals surface area contributed by atoms with Crippen LogP contribution in [0.1, 0.15) is 31.4 Å². The third-order valence-corrected chi connectivity index (χ3v) is 10.2. The molecule has 4 aromatic rings. The number of hydrogen-bond acceptors (Lipinski definition) is 5. The molecule has 0 heterocycles. The Kier molecular flexibility index (Phi) is 12.3. The molecule has 2 amide bonds. The molecular formula is C35H36Cl2FN3O5S. The van der Waals surface area contributed by atoms with Gasteiger partial charge in [-0.25, -0.2) is 12.8 Å². The Morgan fingerprint density at radius 1 is 0.894 bits per heavy atom. The molecular weight excluding hydrogens is 664 g/mol. The summed E-state index contributed by atoms with van der Waals surface area (Å²) in [6, 6.07) is 23.4. The van der Waals surface area contributed by atoms with Crippen LogP contribution in [0.5, 0.6) is 5.75 Å². The Hall–Kier alpha value is -4.12. The highest BCUT2D eigenvalue weighted by atomic mass is 35.5. The van der Waals surface area contributed by atoms with E-state index in [9.17, 15) is 22.4 Å². The van der Waals surface area contributed by atoms with Crippen molar-refractivity contribution >= 4 is 50.7 Å². The van der Waals surface area contributed by atoms with E-state index in [4.69, 9.17) is 27.9 Å². The van der Waals surface area contributed by atoms with Crippen molar-refractivity contribution in [3.05, 3.63) is 124 Å². The zero-order chi connectivity index (χ0) is 34.1. The maximum Gasteiger partial charge on any atom is 0.264 e. The number of amides is 2. The molecule has 0 aromatic heterocycles. The van der Waals surface area contributed by atoms with Crippen LogP contribution in [0, 0.1) is 5.82 Å². The van der Waals surface area contributed by atoms with Crippen molar-refractivity contribution in [1.29, 1.82) is 0 Å². The fourth-order valence-electron chi connectivity index (χ4n) is 4.84. The van der Waals surface area contributed by atoms with Gasteiger partial charge < -0.3 is 15.0 Å². The molecule has 0 aliphatic heterocycles. The van der Waals surface area contributed by atoms with Crippen molar-refractivity contribution in [1.82, 2.24) is 10.2 Å². The molecule has 4 aromatic carbocycles. The van der Waals surface area contributed by atoms with Gasteiger partial charge in [-0.1, -0.05) is 66.5 Å². The average Bonchev–Trinajstić information content (AvgIpc) is 3.07. The molecule has 0 aliphatic rings. The van der Waals surface area contributed by atoms with Crippen LogP contribution in [0.25, 0.3) is 0 Å². The summed E-state index contributed by atoms with van der Waals surface area (Å²) in [5.74, 6) is -1.20. The summed E-state index contributed by atoms with van der Waals surface area (Å²) >= 11 is 12.5. The van der Waals surface area contributed by atoms with Gasteiger partial charge in [-0.05, 0) is 85.1 Å². The lowest BCUT2D eigenvalue weighted by Gasteiger charge is -2.34.